The van der Waals surface area contributed by atoms with Crippen molar-refractivity contribution in [1.82, 2.24) is 10.2 Å². The lowest BCUT2D eigenvalue weighted by Gasteiger charge is -2.01. The minimum absolute atomic E-state index is 0.00310. The molecule has 0 radical (unpaired) electrons. The molecule has 4 nitrogen and oxygen atoms in total. The average molecular weight is 238 g/mol. The van der Waals surface area contributed by atoms with E-state index in [9.17, 15) is 9.18 Å². The van der Waals surface area contributed by atoms with Gasteiger partial charge in [0.1, 0.15) is 5.82 Å². The standard InChI is InChI=1S/C10H7FN2O2S/c1-6-12-13-10(15-6)16-9-4-2-3-8(11)7(9)5-14/h2-5H,1H3. The summed E-state index contributed by atoms with van der Waals surface area (Å²) in [6.45, 7) is 1.66. The number of aromatic nitrogens is 2. The highest BCUT2D eigenvalue weighted by Crippen LogP contribution is 2.29. The van der Waals surface area contributed by atoms with Crippen molar-refractivity contribution in [2.24, 2.45) is 0 Å². The molecule has 0 unspecified atom stereocenters. The topological polar surface area (TPSA) is 56.0 Å². The summed E-state index contributed by atoms with van der Waals surface area (Å²) in [6, 6.07) is 4.37. The first kappa shape index (κ1) is 10.8. The number of benzene rings is 1. The molecule has 0 spiro atoms. The normalized spacial score (nSPS) is 10.4. The summed E-state index contributed by atoms with van der Waals surface area (Å²) in [6.07, 6.45) is 0.473. The highest BCUT2D eigenvalue weighted by Gasteiger charge is 2.11. The van der Waals surface area contributed by atoms with E-state index >= 15 is 0 Å². The summed E-state index contributed by atoms with van der Waals surface area (Å²) in [7, 11) is 0. The van der Waals surface area contributed by atoms with Crippen molar-refractivity contribution in [3.63, 3.8) is 0 Å². The molecule has 0 amide bonds. The van der Waals surface area contributed by atoms with Gasteiger partial charge in [0.2, 0.25) is 5.89 Å². The Labute approximate surface area is 94.9 Å². The molecule has 0 aliphatic heterocycles. The van der Waals surface area contributed by atoms with E-state index < -0.39 is 5.82 Å². The predicted octanol–water partition coefficient (Wildman–Crippen LogP) is 2.48. The molecule has 0 bridgehead atoms. The molecule has 82 valence electrons. The van der Waals surface area contributed by atoms with Crippen LogP contribution in [0, 0.1) is 12.7 Å². The maximum atomic E-state index is 13.2. The second-order valence-corrected chi connectivity index (χ2v) is 3.95. The van der Waals surface area contributed by atoms with Crippen molar-refractivity contribution in [2.75, 3.05) is 0 Å². The SMILES string of the molecule is Cc1nnc(Sc2cccc(F)c2C=O)o1. The van der Waals surface area contributed by atoms with Crippen LogP contribution in [0.5, 0.6) is 0 Å². The van der Waals surface area contributed by atoms with Gasteiger partial charge < -0.3 is 4.42 Å². The molecular formula is C10H7FN2O2S. The van der Waals surface area contributed by atoms with Gasteiger partial charge in [0.15, 0.2) is 6.29 Å². The number of halogens is 1. The third-order valence-corrected chi connectivity index (χ3v) is 2.75. The summed E-state index contributed by atoms with van der Waals surface area (Å²) < 4.78 is 18.4. The fraction of sp³-hybridized carbons (Fsp3) is 0.100. The first-order chi connectivity index (χ1) is 7.70. The lowest BCUT2D eigenvalue weighted by atomic mass is 10.2. The fourth-order valence-electron chi connectivity index (χ4n) is 1.13. The fourth-order valence-corrected chi connectivity index (χ4v) is 1.97. The van der Waals surface area contributed by atoms with Crippen LogP contribution in [0.25, 0.3) is 0 Å². The molecule has 1 aromatic heterocycles. The number of nitrogens with zero attached hydrogens (tertiary/aromatic N) is 2. The van der Waals surface area contributed by atoms with Crippen molar-refractivity contribution in [1.29, 1.82) is 0 Å². The minimum Gasteiger partial charge on any atom is -0.416 e. The van der Waals surface area contributed by atoms with Gasteiger partial charge in [0.25, 0.3) is 5.22 Å². The van der Waals surface area contributed by atoms with Gasteiger partial charge in [-0.15, -0.1) is 10.2 Å². The van der Waals surface area contributed by atoms with E-state index in [4.69, 9.17) is 4.42 Å². The van der Waals surface area contributed by atoms with Crippen molar-refractivity contribution < 1.29 is 13.6 Å². The molecule has 2 aromatic rings. The van der Waals surface area contributed by atoms with Gasteiger partial charge in [0.05, 0.1) is 5.56 Å². The lowest BCUT2D eigenvalue weighted by Crippen LogP contribution is -1.90. The van der Waals surface area contributed by atoms with Crippen LogP contribution >= 0.6 is 11.8 Å². The highest BCUT2D eigenvalue weighted by atomic mass is 32.2. The molecule has 2 rings (SSSR count). The molecule has 0 saturated carbocycles. The molecule has 0 fully saturated rings. The zero-order valence-electron chi connectivity index (χ0n) is 8.31. The van der Waals surface area contributed by atoms with Gasteiger partial charge in [-0.2, -0.15) is 0 Å². The van der Waals surface area contributed by atoms with Crippen LogP contribution in [-0.4, -0.2) is 16.5 Å². The number of aryl methyl sites for hydroxylation is 1. The Balaban J connectivity index is 2.34. The van der Waals surface area contributed by atoms with Crippen molar-refractivity contribution in [2.45, 2.75) is 17.0 Å². The number of rotatable bonds is 3. The van der Waals surface area contributed by atoms with Gasteiger partial charge in [0, 0.05) is 11.8 Å². The Morgan fingerprint density at radius 2 is 2.25 bits per heavy atom. The van der Waals surface area contributed by atoms with Crippen molar-refractivity contribution >= 4 is 18.0 Å². The third kappa shape index (κ3) is 2.11. The Morgan fingerprint density at radius 3 is 2.88 bits per heavy atom. The van der Waals surface area contributed by atoms with Crippen LogP contribution in [0.2, 0.25) is 0 Å². The molecule has 1 aromatic carbocycles. The molecule has 1 heterocycles. The van der Waals surface area contributed by atoms with E-state index in [-0.39, 0.29) is 10.8 Å². The molecule has 0 aliphatic rings. The molecule has 6 heteroatoms. The Morgan fingerprint density at radius 1 is 1.44 bits per heavy atom. The van der Waals surface area contributed by atoms with Gasteiger partial charge in [-0.1, -0.05) is 6.07 Å². The van der Waals surface area contributed by atoms with E-state index in [1.807, 2.05) is 0 Å². The second kappa shape index (κ2) is 4.44. The first-order valence-electron chi connectivity index (χ1n) is 4.42. The van der Waals surface area contributed by atoms with E-state index in [0.29, 0.717) is 17.1 Å². The van der Waals surface area contributed by atoms with Crippen LogP contribution in [0.3, 0.4) is 0 Å². The van der Waals surface area contributed by atoms with Crippen LogP contribution in [0.15, 0.2) is 32.7 Å². The predicted molar refractivity (Wildman–Crippen MR) is 54.9 cm³/mol. The molecule has 0 aliphatic carbocycles. The number of carbonyl (C=O) groups excluding carboxylic acids is 1. The van der Waals surface area contributed by atoms with Crippen molar-refractivity contribution in [3.05, 3.63) is 35.5 Å². The summed E-state index contributed by atoms with van der Waals surface area (Å²) in [5, 5.41) is 7.68. The van der Waals surface area contributed by atoms with Gasteiger partial charge >= 0.3 is 0 Å². The third-order valence-electron chi connectivity index (χ3n) is 1.84. The number of aldehydes is 1. The average Bonchev–Trinajstić information content (AvgIpc) is 2.64. The lowest BCUT2D eigenvalue weighted by molar-refractivity contribution is 0.111. The summed E-state index contributed by atoms with van der Waals surface area (Å²) in [4.78, 5) is 11.2. The zero-order valence-corrected chi connectivity index (χ0v) is 9.12. The largest absolute Gasteiger partial charge is 0.416 e. The maximum Gasteiger partial charge on any atom is 0.281 e. The number of carbonyl (C=O) groups is 1. The van der Waals surface area contributed by atoms with Crippen LogP contribution < -0.4 is 0 Å². The second-order valence-electron chi connectivity index (χ2n) is 2.96. The van der Waals surface area contributed by atoms with Gasteiger partial charge in [-0.25, -0.2) is 4.39 Å². The number of hydrogen-bond donors (Lipinski definition) is 0. The highest BCUT2D eigenvalue weighted by molar-refractivity contribution is 7.99. The Bertz CT molecular complexity index is 527. The zero-order chi connectivity index (χ0) is 11.5. The quantitative estimate of drug-likeness (QED) is 0.769. The van der Waals surface area contributed by atoms with Crippen LogP contribution in [-0.2, 0) is 0 Å². The molecule has 0 N–H and O–H groups in total. The summed E-state index contributed by atoms with van der Waals surface area (Å²) in [5.41, 5.74) is 0.00310. The summed E-state index contributed by atoms with van der Waals surface area (Å²) in [5.74, 6) is -0.136. The Hall–Kier alpha value is -1.69. The minimum atomic E-state index is -0.559. The van der Waals surface area contributed by atoms with Crippen LogP contribution in [0.4, 0.5) is 4.39 Å². The molecule has 0 saturated heterocycles. The van der Waals surface area contributed by atoms with E-state index in [1.165, 1.54) is 12.1 Å². The summed E-state index contributed by atoms with van der Waals surface area (Å²) >= 11 is 1.06. The molecule has 0 atom stereocenters. The first-order valence-corrected chi connectivity index (χ1v) is 5.24. The number of hydrogen-bond acceptors (Lipinski definition) is 5. The monoisotopic (exact) mass is 238 g/mol. The smallest absolute Gasteiger partial charge is 0.281 e. The Kier molecular flexibility index (Phi) is 3.00. The van der Waals surface area contributed by atoms with Gasteiger partial charge in [-0.05, 0) is 23.9 Å². The van der Waals surface area contributed by atoms with Crippen LogP contribution in [0.1, 0.15) is 16.2 Å². The van der Waals surface area contributed by atoms with E-state index in [0.717, 1.165) is 11.8 Å². The molecular weight excluding hydrogens is 231 g/mol. The van der Waals surface area contributed by atoms with E-state index in [2.05, 4.69) is 10.2 Å². The maximum absolute atomic E-state index is 13.2. The van der Waals surface area contributed by atoms with Gasteiger partial charge in [-0.3, -0.25) is 4.79 Å². The van der Waals surface area contributed by atoms with Crippen molar-refractivity contribution in [3.8, 4) is 0 Å². The van der Waals surface area contributed by atoms with E-state index in [1.54, 1.807) is 13.0 Å². The molecule has 16 heavy (non-hydrogen) atoms.